The second-order valence-corrected chi connectivity index (χ2v) is 6.77. The van der Waals surface area contributed by atoms with Crippen molar-refractivity contribution in [2.45, 2.75) is 36.5 Å². The Balaban J connectivity index is 1.94. The van der Waals surface area contributed by atoms with E-state index in [1.807, 2.05) is 30.3 Å². The number of carbonyl (C=O) groups is 1. The second-order valence-electron chi connectivity index (χ2n) is 5.58. The normalized spacial score (nSPS) is 12.2. The highest BCUT2D eigenvalue weighted by atomic mass is 32.2. The summed E-state index contributed by atoms with van der Waals surface area (Å²) >= 11 is 1.42. The average molecular weight is 356 g/mol. The van der Waals surface area contributed by atoms with Crippen molar-refractivity contribution in [3.05, 3.63) is 42.9 Å². The fourth-order valence-corrected chi connectivity index (χ4v) is 3.68. The standard InChI is InChI=1S/C18H20N4O2S/c1-3-4-10-15(18(23)24-2)25-17-14-11-21-22(16(14)19-12-20-17)13-8-6-5-7-9-13/h5-9,11-12,15H,3-4,10H2,1-2H3. The number of nitrogens with zero attached hydrogens (tertiary/aromatic N) is 4. The summed E-state index contributed by atoms with van der Waals surface area (Å²) in [6, 6.07) is 9.81. The summed E-state index contributed by atoms with van der Waals surface area (Å²) in [5, 5.41) is 5.75. The summed E-state index contributed by atoms with van der Waals surface area (Å²) in [5.74, 6) is -0.222. The van der Waals surface area contributed by atoms with Gasteiger partial charge in [-0.1, -0.05) is 49.7 Å². The van der Waals surface area contributed by atoms with Crippen LogP contribution < -0.4 is 0 Å². The van der Waals surface area contributed by atoms with Gasteiger partial charge in [0.25, 0.3) is 0 Å². The topological polar surface area (TPSA) is 69.9 Å². The fourth-order valence-electron chi connectivity index (χ4n) is 2.56. The van der Waals surface area contributed by atoms with E-state index in [4.69, 9.17) is 4.74 Å². The van der Waals surface area contributed by atoms with E-state index < -0.39 is 0 Å². The van der Waals surface area contributed by atoms with E-state index in [2.05, 4.69) is 22.0 Å². The van der Waals surface area contributed by atoms with Gasteiger partial charge in [0, 0.05) is 0 Å². The zero-order chi connectivity index (χ0) is 17.6. The molecular formula is C18H20N4O2S. The molecule has 3 rings (SSSR count). The van der Waals surface area contributed by atoms with Crippen molar-refractivity contribution in [3.8, 4) is 5.69 Å². The third-order valence-corrected chi connectivity index (χ3v) is 5.13. The quantitative estimate of drug-likeness (QED) is 0.366. The maximum absolute atomic E-state index is 12.1. The van der Waals surface area contributed by atoms with Crippen LogP contribution in [0.25, 0.3) is 16.7 Å². The van der Waals surface area contributed by atoms with Crippen LogP contribution in [0.3, 0.4) is 0 Å². The number of hydrogen-bond donors (Lipinski definition) is 0. The van der Waals surface area contributed by atoms with E-state index in [9.17, 15) is 4.79 Å². The molecule has 0 radical (unpaired) electrons. The van der Waals surface area contributed by atoms with Crippen molar-refractivity contribution in [3.63, 3.8) is 0 Å². The molecule has 0 aliphatic carbocycles. The van der Waals surface area contributed by atoms with Gasteiger partial charge in [-0.2, -0.15) is 5.10 Å². The Bertz CT molecular complexity index is 851. The molecule has 25 heavy (non-hydrogen) atoms. The molecule has 0 aliphatic heterocycles. The van der Waals surface area contributed by atoms with Gasteiger partial charge in [-0.25, -0.2) is 14.6 Å². The summed E-state index contributed by atoms with van der Waals surface area (Å²) in [5.41, 5.74) is 1.66. The highest BCUT2D eigenvalue weighted by Crippen LogP contribution is 2.31. The Morgan fingerprint density at radius 3 is 2.80 bits per heavy atom. The van der Waals surface area contributed by atoms with Crippen molar-refractivity contribution >= 4 is 28.8 Å². The van der Waals surface area contributed by atoms with Crippen molar-refractivity contribution in [1.82, 2.24) is 19.7 Å². The van der Waals surface area contributed by atoms with E-state index in [-0.39, 0.29) is 11.2 Å². The molecule has 2 aromatic heterocycles. The molecule has 0 aliphatic rings. The number of para-hydroxylation sites is 1. The lowest BCUT2D eigenvalue weighted by Gasteiger charge is -2.13. The predicted molar refractivity (Wildman–Crippen MR) is 97.8 cm³/mol. The first-order valence-corrected chi connectivity index (χ1v) is 9.11. The lowest BCUT2D eigenvalue weighted by molar-refractivity contribution is -0.140. The van der Waals surface area contributed by atoms with E-state index in [1.165, 1.54) is 25.2 Å². The van der Waals surface area contributed by atoms with Gasteiger partial charge in [0.2, 0.25) is 0 Å². The molecule has 130 valence electrons. The third kappa shape index (κ3) is 3.82. The Hall–Kier alpha value is -2.41. The van der Waals surface area contributed by atoms with Crippen LogP contribution in [0.1, 0.15) is 26.2 Å². The van der Waals surface area contributed by atoms with Gasteiger partial charge in [0.1, 0.15) is 16.6 Å². The van der Waals surface area contributed by atoms with Crippen LogP contribution in [0.15, 0.2) is 47.9 Å². The minimum atomic E-state index is -0.275. The maximum Gasteiger partial charge on any atom is 0.319 e. The smallest absolute Gasteiger partial charge is 0.319 e. The molecule has 0 bridgehead atoms. The predicted octanol–water partition coefficient (Wildman–Crippen LogP) is 3.64. The van der Waals surface area contributed by atoms with Gasteiger partial charge in [-0.3, -0.25) is 4.79 Å². The number of benzene rings is 1. The summed E-state index contributed by atoms with van der Waals surface area (Å²) in [4.78, 5) is 20.8. The zero-order valence-electron chi connectivity index (χ0n) is 14.3. The van der Waals surface area contributed by atoms with Gasteiger partial charge in [0.15, 0.2) is 5.65 Å². The molecule has 1 atom stereocenters. The molecule has 0 saturated carbocycles. The van der Waals surface area contributed by atoms with E-state index >= 15 is 0 Å². The molecule has 0 fully saturated rings. The van der Waals surface area contributed by atoms with Gasteiger partial charge in [-0.05, 0) is 18.6 Å². The second kappa shape index (κ2) is 8.11. The number of aromatic nitrogens is 4. The Morgan fingerprint density at radius 2 is 2.08 bits per heavy atom. The first-order chi connectivity index (χ1) is 12.2. The van der Waals surface area contributed by atoms with Crippen LogP contribution in [-0.2, 0) is 9.53 Å². The summed E-state index contributed by atoms with van der Waals surface area (Å²) < 4.78 is 6.72. The van der Waals surface area contributed by atoms with E-state index in [0.717, 1.165) is 41.0 Å². The summed E-state index contributed by atoms with van der Waals surface area (Å²) in [7, 11) is 1.42. The van der Waals surface area contributed by atoms with Crippen LogP contribution in [-0.4, -0.2) is 38.1 Å². The minimum Gasteiger partial charge on any atom is -0.468 e. The molecule has 0 amide bonds. The maximum atomic E-state index is 12.1. The lowest BCUT2D eigenvalue weighted by Crippen LogP contribution is -2.19. The molecule has 1 unspecified atom stereocenters. The number of fused-ring (bicyclic) bond motifs is 1. The van der Waals surface area contributed by atoms with Gasteiger partial charge < -0.3 is 4.74 Å². The van der Waals surface area contributed by atoms with E-state index in [0.29, 0.717) is 0 Å². The molecule has 0 spiro atoms. The fraction of sp³-hybridized carbons (Fsp3) is 0.333. The molecule has 7 heteroatoms. The van der Waals surface area contributed by atoms with Crippen molar-refractivity contribution in [2.24, 2.45) is 0 Å². The van der Waals surface area contributed by atoms with Crippen LogP contribution in [0, 0.1) is 0 Å². The minimum absolute atomic E-state index is 0.222. The number of thioether (sulfide) groups is 1. The van der Waals surface area contributed by atoms with Crippen molar-refractivity contribution in [1.29, 1.82) is 0 Å². The molecular weight excluding hydrogens is 336 g/mol. The third-order valence-electron chi connectivity index (χ3n) is 3.87. The van der Waals surface area contributed by atoms with Crippen molar-refractivity contribution < 1.29 is 9.53 Å². The number of rotatable bonds is 7. The highest BCUT2D eigenvalue weighted by molar-refractivity contribution is 8.00. The Kier molecular flexibility index (Phi) is 5.65. The largest absolute Gasteiger partial charge is 0.468 e. The van der Waals surface area contributed by atoms with Crippen molar-refractivity contribution in [2.75, 3.05) is 7.11 Å². The number of hydrogen-bond acceptors (Lipinski definition) is 6. The highest BCUT2D eigenvalue weighted by Gasteiger charge is 2.23. The van der Waals surface area contributed by atoms with Crippen LogP contribution in [0.2, 0.25) is 0 Å². The average Bonchev–Trinajstić information content (AvgIpc) is 3.10. The summed E-state index contributed by atoms with van der Waals surface area (Å²) in [6.07, 6.45) is 6.01. The van der Waals surface area contributed by atoms with E-state index in [1.54, 1.807) is 10.9 Å². The Labute approximate surface area is 150 Å². The number of esters is 1. The van der Waals surface area contributed by atoms with Crippen LogP contribution in [0.5, 0.6) is 0 Å². The lowest BCUT2D eigenvalue weighted by atomic mass is 10.2. The molecule has 0 saturated heterocycles. The monoisotopic (exact) mass is 356 g/mol. The van der Waals surface area contributed by atoms with Gasteiger partial charge >= 0.3 is 5.97 Å². The molecule has 0 N–H and O–H groups in total. The zero-order valence-corrected chi connectivity index (χ0v) is 15.1. The van der Waals surface area contributed by atoms with Gasteiger partial charge in [0.05, 0.1) is 24.4 Å². The number of ether oxygens (including phenoxy) is 1. The van der Waals surface area contributed by atoms with Gasteiger partial charge in [-0.15, -0.1) is 0 Å². The first kappa shape index (κ1) is 17.4. The SMILES string of the molecule is CCCCC(Sc1ncnc2c1cnn2-c1ccccc1)C(=O)OC. The number of methoxy groups -OCH3 is 1. The Morgan fingerprint density at radius 1 is 1.28 bits per heavy atom. The number of unbranched alkanes of at least 4 members (excludes halogenated alkanes) is 1. The first-order valence-electron chi connectivity index (χ1n) is 8.23. The molecule has 6 nitrogen and oxygen atoms in total. The molecule has 3 aromatic rings. The summed E-state index contributed by atoms with van der Waals surface area (Å²) in [6.45, 7) is 2.10. The molecule has 1 aromatic carbocycles. The van der Waals surface area contributed by atoms with Crippen LogP contribution in [0.4, 0.5) is 0 Å². The van der Waals surface area contributed by atoms with Crippen LogP contribution >= 0.6 is 11.8 Å². The molecule has 2 heterocycles. The number of carbonyl (C=O) groups excluding carboxylic acids is 1.